The normalized spacial score (nSPS) is 18.7. The molecule has 0 bridgehead atoms. The highest BCUT2D eigenvalue weighted by Crippen LogP contribution is 2.46. The average Bonchev–Trinajstić information content (AvgIpc) is 3.38. The average molecular weight is 459 g/mol. The Morgan fingerprint density at radius 1 is 1.43 bits per heavy atom. The van der Waals surface area contributed by atoms with Crippen molar-refractivity contribution in [1.29, 1.82) is 0 Å². The third kappa shape index (κ3) is 3.79. The number of nitrogens with one attached hydrogen (secondary N) is 2. The number of alkyl halides is 3. The zero-order chi connectivity index (χ0) is 21.6. The predicted molar refractivity (Wildman–Crippen MR) is 107 cm³/mol. The Morgan fingerprint density at radius 3 is 2.80 bits per heavy atom. The lowest BCUT2D eigenvalue weighted by Crippen LogP contribution is -2.35. The molecule has 0 unspecified atom stereocenters. The summed E-state index contributed by atoms with van der Waals surface area (Å²) in [6.07, 6.45) is -3.03. The molecule has 2 N–H and O–H groups in total. The SMILES string of the molecule is Cc1nn(C)cc1CNC(=O)c1nn2c(c1Cl)N[C@@H](c1cccs1)C[C@H]2C(F)(F)F. The Hall–Kier alpha value is -2.53. The number of anilines is 1. The minimum absolute atomic E-state index is 0.00801. The Labute approximate surface area is 178 Å². The molecule has 0 radical (unpaired) electrons. The molecule has 3 aromatic heterocycles. The first-order chi connectivity index (χ1) is 14.1. The third-order valence-electron chi connectivity index (χ3n) is 4.95. The number of carbonyl (C=O) groups excluding carboxylic acids is 1. The van der Waals surface area contributed by atoms with Gasteiger partial charge in [0.05, 0.1) is 11.7 Å². The van der Waals surface area contributed by atoms with Gasteiger partial charge < -0.3 is 10.6 Å². The molecule has 0 aliphatic carbocycles. The van der Waals surface area contributed by atoms with Crippen molar-refractivity contribution in [3.05, 3.63) is 50.6 Å². The summed E-state index contributed by atoms with van der Waals surface area (Å²) in [5.41, 5.74) is 1.28. The second-order valence-electron chi connectivity index (χ2n) is 7.06. The molecule has 7 nitrogen and oxygen atoms in total. The largest absolute Gasteiger partial charge is 0.410 e. The van der Waals surface area contributed by atoms with Gasteiger partial charge in [0, 0.05) is 36.7 Å². The van der Waals surface area contributed by atoms with Crippen molar-refractivity contribution >= 4 is 34.7 Å². The number of rotatable bonds is 4. The van der Waals surface area contributed by atoms with Crippen molar-refractivity contribution in [2.75, 3.05) is 5.32 Å². The lowest BCUT2D eigenvalue weighted by atomic mass is 10.0. The summed E-state index contributed by atoms with van der Waals surface area (Å²) in [4.78, 5) is 13.4. The van der Waals surface area contributed by atoms with Gasteiger partial charge in [-0.15, -0.1) is 11.3 Å². The summed E-state index contributed by atoms with van der Waals surface area (Å²) in [6, 6.07) is 1.07. The van der Waals surface area contributed by atoms with E-state index < -0.39 is 24.2 Å². The zero-order valence-electron chi connectivity index (χ0n) is 16.0. The summed E-state index contributed by atoms with van der Waals surface area (Å²) < 4.78 is 43.7. The molecule has 1 amide bonds. The second kappa shape index (κ2) is 7.62. The number of halogens is 4. The van der Waals surface area contributed by atoms with Gasteiger partial charge in [0.2, 0.25) is 0 Å². The summed E-state index contributed by atoms with van der Waals surface area (Å²) >= 11 is 7.66. The highest BCUT2D eigenvalue weighted by atomic mass is 35.5. The van der Waals surface area contributed by atoms with Gasteiger partial charge >= 0.3 is 6.18 Å². The molecule has 0 fully saturated rings. The van der Waals surface area contributed by atoms with Crippen LogP contribution in [0.3, 0.4) is 0 Å². The maximum Gasteiger partial charge on any atom is 0.410 e. The van der Waals surface area contributed by atoms with E-state index in [0.29, 0.717) is 0 Å². The first kappa shape index (κ1) is 20.7. The van der Waals surface area contributed by atoms with E-state index in [1.165, 1.54) is 11.3 Å². The number of hydrogen-bond donors (Lipinski definition) is 2. The molecule has 0 saturated heterocycles. The molecule has 4 heterocycles. The standard InChI is InChI=1S/C18H18ClF3N6OS/c1-9-10(8-27(2)25-9)7-23-17(29)15-14(19)16-24-11(12-4-3-5-30-12)6-13(18(20,21)22)28(16)26-15/h3-5,8,11,13,24H,6-7H2,1-2H3,(H,23,29)/t11-,13+/m1/s1. The Kier molecular flexibility index (Phi) is 5.27. The first-order valence-corrected chi connectivity index (χ1v) is 10.3. The van der Waals surface area contributed by atoms with Crippen molar-refractivity contribution in [2.24, 2.45) is 7.05 Å². The quantitative estimate of drug-likeness (QED) is 0.613. The molecular weight excluding hydrogens is 441 g/mol. The lowest BCUT2D eigenvalue weighted by molar-refractivity contribution is -0.173. The van der Waals surface area contributed by atoms with E-state index in [1.54, 1.807) is 42.4 Å². The molecule has 2 atom stereocenters. The van der Waals surface area contributed by atoms with Crippen molar-refractivity contribution in [1.82, 2.24) is 24.9 Å². The number of fused-ring (bicyclic) bond motifs is 1. The number of aromatic nitrogens is 4. The molecule has 30 heavy (non-hydrogen) atoms. The molecule has 3 aromatic rings. The van der Waals surface area contributed by atoms with Crippen LogP contribution in [0.5, 0.6) is 0 Å². The third-order valence-corrected chi connectivity index (χ3v) is 6.30. The van der Waals surface area contributed by atoms with Crippen LogP contribution in [0.4, 0.5) is 19.0 Å². The molecule has 1 aliphatic rings. The summed E-state index contributed by atoms with van der Waals surface area (Å²) in [6.45, 7) is 1.96. The summed E-state index contributed by atoms with van der Waals surface area (Å²) in [5.74, 6) is -0.660. The molecule has 0 saturated carbocycles. The fourth-order valence-corrected chi connectivity index (χ4v) is 4.55. The Balaban J connectivity index is 1.62. The fourth-order valence-electron chi connectivity index (χ4n) is 3.49. The smallest absolute Gasteiger partial charge is 0.361 e. The van der Waals surface area contributed by atoms with Crippen LogP contribution in [-0.4, -0.2) is 31.6 Å². The molecule has 0 spiro atoms. The van der Waals surface area contributed by atoms with Crippen LogP contribution in [0.2, 0.25) is 5.02 Å². The number of amides is 1. The maximum atomic E-state index is 13.8. The molecule has 1 aliphatic heterocycles. The van der Waals surface area contributed by atoms with E-state index in [1.807, 2.05) is 0 Å². The lowest BCUT2D eigenvalue weighted by Gasteiger charge is -2.32. The topological polar surface area (TPSA) is 76.8 Å². The van der Waals surface area contributed by atoms with Crippen LogP contribution < -0.4 is 10.6 Å². The number of carbonyl (C=O) groups is 1. The van der Waals surface area contributed by atoms with E-state index >= 15 is 0 Å². The van der Waals surface area contributed by atoms with Crippen molar-refractivity contribution < 1.29 is 18.0 Å². The van der Waals surface area contributed by atoms with Gasteiger partial charge in [0.25, 0.3) is 5.91 Å². The monoisotopic (exact) mass is 458 g/mol. The Bertz CT molecular complexity index is 1070. The molecule has 0 aromatic carbocycles. The number of hydrogen-bond acceptors (Lipinski definition) is 5. The van der Waals surface area contributed by atoms with Gasteiger partial charge in [-0.1, -0.05) is 17.7 Å². The van der Waals surface area contributed by atoms with Crippen LogP contribution >= 0.6 is 22.9 Å². The van der Waals surface area contributed by atoms with Gasteiger partial charge in [-0.05, 0) is 18.4 Å². The minimum atomic E-state index is -4.54. The van der Waals surface area contributed by atoms with Crippen LogP contribution in [0.25, 0.3) is 0 Å². The minimum Gasteiger partial charge on any atom is -0.361 e. The van der Waals surface area contributed by atoms with Gasteiger partial charge in [0.1, 0.15) is 10.8 Å². The summed E-state index contributed by atoms with van der Waals surface area (Å²) in [5, 5.41) is 15.4. The Morgan fingerprint density at radius 2 is 2.20 bits per heavy atom. The molecular formula is C18H18ClF3N6OS. The van der Waals surface area contributed by atoms with E-state index in [0.717, 1.165) is 20.8 Å². The molecule has 12 heteroatoms. The van der Waals surface area contributed by atoms with Gasteiger partial charge in [-0.2, -0.15) is 23.4 Å². The summed E-state index contributed by atoms with van der Waals surface area (Å²) in [7, 11) is 1.76. The number of thiophene rings is 1. The van der Waals surface area contributed by atoms with Crippen LogP contribution in [0.15, 0.2) is 23.7 Å². The van der Waals surface area contributed by atoms with E-state index in [2.05, 4.69) is 20.8 Å². The van der Waals surface area contributed by atoms with Gasteiger partial charge in [-0.25, -0.2) is 4.68 Å². The van der Waals surface area contributed by atoms with Gasteiger partial charge in [-0.3, -0.25) is 9.48 Å². The van der Waals surface area contributed by atoms with Crippen LogP contribution in [0.1, 0.15) is 45.1 Å². The molecule has 4 rings (SSSR count). The number of aryl methyl sites for hydroxylation is 2. The zero-order valence-corrected chi connectivity index (χ0v) is 17.6. The highest BCUT2D eigenvalue weighted by Gasteiger charge is 2.48. The van der Waals surface area contributed by atoms with E-state index in [-0.39, 0.29) is 29.5 Å². The second-order valence-corrected chi connectivity index (χ2v) is 8.41. The van der Waals surface area contributed by atoms with Crippen molar-refractivity contribution in [2.45, 2.75) is 38.1 Å². The van der Waals surface area contributed by atoms with Gasteiger partial charge in [0.15, 0.2) is 11.7 Å². The predicted octanol–water partition coefficient (Wildman–Crippen LogP) is 4.23. The molecule has 160 valence electrons. The maximum absolute atomic E-state index is 13.8. The van der Waals surface area contributed by atoms with E-state index in [4.69, 9.17) is 11.6 Å². The number of nitrogens with zero attached hydrogens (tertiary/aromatic N) is 4. The first-order valence-electron chi connectivity index (χ1n) is 9.07. The van der Waals surface area contributed by atoms with Crippen LogP contribution in [-0.2, 0) is 13.6 Å². The van der Waals surface area contributed by atoms with E-state index in [9.17, 15) is 18.0 Å². The van der Waals surface area contributed by atoms with Crippen molar-refractivity contribution in [3.63, 3.8) is 0 Å². The fraction of sp³-hybridized carbons (Fsp3) is 0.389. The van der Waals surface area contributed by atoms with Crippen molar-refractivity contribution in [3.8, 4) is 0 Å². The highest BCUT2D eigenvalue weighted by molar-refractivity contribution is 7.10. The van der Waals surface area contributed by atoms with Crippen LogP contribution in [0, 0.1) is 6.92 Å².